The fourth-order valence-electron chi connectivity index (χ4n) is 2.74. The summed E-state index contributed by atoms with van der Waals surface area (Å²) in [5, 5.41) is 26.2. The number of hydrogen-bond acceptors (Lipinski definition) is 7. The van der Waals surface area contributed by atoms with Crippen LogP contribution in [-0.2, 0) is 19.2 Å². The number of carbonyl (C=O) groups is 4. The number of carboxylic acids is 1. The average Bonchev–Trinajstić information content (AvgIpc) is 2.75. The Balaban J connectivity index is 5.23. The molecule has 0 aliphatic carbocycles. The topological polar surface area (TPSA) is 235 Å². The number of nitrogens with zero attached hydrogens (tertiary/aromatic N) is 1. The van der Waals surface area contributed by atoms with E-state index in [1.165, 1.54) is 0 Å². The number of hydrogen-bond donors (Lipinski definition) is 8. The van der Waals surface area contributed by atoms with E-state index < -0.39 is 54.5 Å². The summed E-state index contributed by atoms with van der Waals surface area (Å²) in [6, 6.07) is -4.51. The third-order valence-corrected chi connectivity index (χ3v) is 5.19. The summed E-state index contributed by atoms with van der Waals surface area (Å²) in [7, 11) is 0. The Hall–Kier alpha value is -2.93. The molecule has 0 saturated carbocycles. The Bertz CT molecular complexity index is 696. The normalized spacial score (nSPS) is 15.5. The minimum absolute atomic E-state index is 0.0303. The van der Waals surface area contributed by atoms with Gasteiger partial charge in [0.2, 0.25) is 17.7 Å². The molecule has 0 rings (SSSR count). The van der Waals surface area contributed by atoms with E-state index in [0.717, 1.165) is 0 Å². The van der Waals surface area contributed by atoms with Crippen LogP contribution < -0.4 is 33.2 Å². The van der Waals surface area contributed by atoms with Gasteiger partial charge in [-0.3, -0.25) is 19.4 Å². The van der Waals surface area contributed by atoms with Gasteiger partial charge in [0.15, 0.2) is 5.96 Å². The van der Waals surface area contributed by atoms with E-state index in [2.05, 4.69) is 20.9 Å². The number of guanidine groups is 1. The Morgan fingerprint density at radius 2 is 1.52 bits per heavy atom. The van der Waals surface area contributed by atoms with Crippen LogP contribution in [0, 0.1) is 11.8 Å². The van der Waals surface area contributed by atoms with Crippen molar-refractivity contribution in [2.45, 2.75) is 71.1 Å². The molecule has 0 aliphatic heterocycles. The van der Waals surface area contributed by atoms with Gasteiger partial charge in [-0.15, -0.1) is 0 Å². The minimum Gasteiger partial charge on any atom is -0.480 e. The third-order valence-electron chi connectivity index (χ3n) is 5.19. The Kier molecular flexibility index (Phi) is 13.7. The summed E-state index contributed by atoms with van der Waals surface area (Å²) in [5.74, 6) is -3.95. The molecule has 0 fully saturated rings. The van der Waals surface area contributed by atoms with Gasteiger partial charge in [0.25, 0.3) is 0 Å². The summed E-state index contributed by atoms with van der Waals surface area (Å²) in [6.45, 7) is 6.52. The van der Waals surface area contributed by atoms with Crippen molar-refractivity contribution in [3.8, 4) is 0 Å². The summed E-state index contributed by atoms with van der Waals surface area (Å²) < 4.78 is 0. The van der Waals surface area contributed by atoms with Crippen LogP contribution in [-0.4, -0.2) is 77.2 Å². The van der Waals surface area contributed by atoms with Crippen LogP contribution in [0.2, 0.25) is 0 Å². The number of amides is 3. The molecule has 13 nitrogen and oxygen atoms in total. The number of nitrogens with two attached hydrogens (primary N) is 3. The monoisotopic (exact) mass is 473 g/mol. The first kappa shape index (κ1) is 30.1. The molecule has 13 heteroatoms. The standard InChI is InChI=1S/C20H39N7O6/c1-5-11(4)15(27-17(30)14(21)10(2)3)18(31)26-13(9-28)16(29)25-12(19(32)33)7-6-8-24-20(22)23/h10-15,28H,5-9,21H2,1-4H3,(H,25,29)(H,26,31)(H,27,30)(H,32,33)(H4,22,23,24). The van der Waals surface area contributed by atoms with Gasteiger partial charge in [0, 0.05) is 6.54 Å². The molecular weight excluding hydrogens is 434 g/mol. The fraction of sp³-hybridized carbons (Fsp3) is 0.750. The molecule has 3 amide bonds. The SMILES string of the molecule is CCC(C)C(NC(=O)C(N)C(C)C)C(=O)NC(CO)C(=O)NC(CCCN=C(N)N)C(=O)O. The van der Waals surface area contributed by atoms with Crippen molar-refractivity contribution < 1.29 is 29.4 Å². The van der Waals surface area contributed by atoms with Crippen LogP contribution in [0.3, 0.4) is 0 Å². The highest BCUT2D eigenvalue weighted by Gasteiger charge is 2.32. The van der Waals surface area contributed by atoms with E-state index in [9.17, 15) is 29.4 Å². The molecule has 0 aromatic carbocycles. The Morgan fingerprint density at radius 1 is 0.939 bits per heavy atom. The van der Waals surface area contributed by atoms with Gasteiger partial charge >= 0.3 is 5.97 Å². The zero-order chi connectivity index (χ0) is 25.7. The molecule has 190 valence electrons. The van der Waals surface area contributed by atoms with E-state index >= 15 is 0 Å². The van der Waals surface area contributed by atoms with Crippen LogP contribution in [0.4, 0.5) is 0 Å². The molecule has 0 radical (unpaired) electrons. The first-order valence-corrected chi connectivity index (χ1v) is 10.9. The van der Waals surface area contributed by atoms with Crippen molar-refractivity contribution in [3.05, 3.63) is 0 Å². The van der Waals surface area contributed by atoms with Crippen molar-refractivity contribution in [1.29, 1.82) is 0 Å². The van der Waals surface area contributed by atoms with Crippen molar-refractivity contribution in [2.24, 2.45) is 34.0 Å². The van der Waals surface area contributed by atoms with Gasteiger partial charge in [-0.25, -0.2) is 4.79 Å². The van der Waals surface area contributed by atoms with E-state index in [-0.39, 0.29) is 37.2 Å². The Labute approximate surface area is 193 Å². The van der Waals surface area contributed by atoms with Gasteiger partial charge in [0.05, 0.1) is 12.6 Å². The van der Waals surface area contributed by atoms with Gasteiger partial charge < -0.3 is 43.4 Å². The zero-order valence-electron chi connectivity index (χ0n) is 19.7. The summed E-state index contributed by atoms with van der Waals surface area (Å²) >= 11 is 0. The van der Waals surface area contributed by atoms with Crippen LogP contribution >= 0.6 is 0 Å². The van der Waals surface area contributed by atoms with Crippen LogP contribution in [0.15, 0.2) is 4.99 Å². The maximum Gasteiger partial charge on any atom is 0.326 e. The average molecular weight is 474 g/mol. The van der Waals surface area contributed by atoms with E-state index in [4.69, 9.17) is 17.2 Å². The second-order valence-electron chi connectivity index (χ2n) is 8.23. The van der Waals surface area contributed by atoms with Crippen LogP contribution in [0.1, 0.15) is 47.0 Å². The lowest BCUT2D eigenvalue weighted by Gasteiger charge is -2.28. The molecule has 33 heavy (non-hydrogen) atoms. The third kappa shape index (κ3) is 11.0. The molecule has 0 aromatic rings. The predicted octanol–water partition coefficient (Wildman–Crippen LogP) is -2.40. The molecule has 0 aromatic heterocycles. The summed E-state index contributed by atoms with van der Waals surface area (Å²) in [5.41, 5.74) is 16.3. The zero-order valence-corrected chi connectivity index (χ0v) is 19.7. The summed E-state index contributed by atoms with van der Waals surface area (Å²) in [6.07, 6.45) is 0.855. The molecule has 0 aliphatic rings. The Morgan fingerprint density at radius 3 is 1.97 bits per heavy atom. The van der Waals surface area contributed by atoms with Crippen molar-refractivity contribution in [1.82, 2.24) is 16.0 Å². The predicted molar refractivity (Wildman–Crippen MR) is 123 cm³/mol. The van der Waals surface area contributed by atoms with Gasteiger partial charge in [-0.1, -0.05) is 34.1 Å². The molecule has 5 unspecified atom stereocenters. The highest BCUT2D eigenvalue weighted by atomic mass is 16.4. The highest BCUT2D eigenvalue weighted by molar-refractivity contribution is 5.94. The second kappa shape index (κ2) is 15.0. The number of aliphatic hydroxyl groups is 1. The van der Waals surface area contributed by atoms with Crippen molar-refractivity contribution in [3.63, 3.8) is 0 Å². The van der Waals surface area contributed by atoms with Gasteiger partial charge in [-0.05, 0) is 24.7 Å². The first-order valence-electron chi connectivity index (χ1n) is 10.9. The van der Waals surface area contributed by atoms with Crippen molar-refractivity contribution in [2.75, 3.05) is 13.2 Å². The number of carbonyl (C=O) groups excluding carboxylic acids is 3. The molecule has 0 spiro atoms. The number of aliphatic hydroxyl groups excluding tert-OH is 1. The largest absolute Gasteiger partial charge is 0.480 e. The smallest absolute Gasteiger partial charge is 0.326 e. The van der Waals surface area contributed by atoms with Crippen LogP contribution in [0.25, 0.3) is 0 Å². The van der Waals surface area contributed by atoms with Crippen LogP contribution in [0.5, 0.6) is 0 Å². The molecule has 0 saturated heterocycles. The van der Waals surface area contributed by atoms with E-state index in [0.29, 0.717) is 6.42 Å². The first-order chi connectivity index (χ1) is 15.3. The molecular formula is C20H39N7O6. The van der Waals surface area contributed by atoms with Gasteiger partial charge in [0.1, 0.15) is 18.1 Å². The minimum atomic E-state index is -1.42. The molecule has 0 bridgehead atoms. The van der Waals surface area contributed by atoms with E-state index in [1.54, 1.807) is 20.8 Å². The number of nitrogens with one attached hydrogen (secondary N) is 3. The maximum absolute atomic E-state index is 12.8. The van der Waals surface area contributed by atoms with Crippen molar-refractivity contribution >= 4 is 29.7 Å². The highest BCUT2D eigenvalue weighted by Crippen LogP contribution is 2.10. The second-order valence-corrected chi connectivity index (χ2v) is 8.23. The number of carboxylic acid groups (broad SMARTS) is 1. The fourth-order valence-corrected chi connectivity index (χ4v) is 2.74. The van der Waals surface area contributed by atoms with Gasteiger partial charge in [-0.2, -0.15) is 0 Å². The number of aliphatic imine (C=N–C) groups is 1. The summed E-state index contributed by atoms with van der Waals surface area (Å²) in [4.78, 5) is 52.9. The lowest BCUT2D eigenvalue weighted by Crippen LogP contribution is -2.59. The van der Waals surface area contributed by atoms with E-state index in [1.807, 2.05) is 6.92 Å². The lowest BCUT2D eigenvalue weighted by atomic mass is 9.96. The molecule has 5 atom stereocenters. The molecule has 0 heterocycles. The quantitative estimate of drug-likeness (QED) is 0.0717. The number of aliphatic carboxylic acids is 1. The maximum atomic E-state index is 12.8. The number of rotatable bonds is 15. The lowest BCUT2D eigenvalue weighted by molar-refractivity contribution is -0.142. The molecule has 11 N–H and O–H groups in total.